The van der Waals surface area contributed by atoms with E-state index in [-0.39, 0.29) is 5.82 Å². The lowest BCUT2D eigenvalue weighted by Gasteiger charge is -2.33. The molecule has 15 heavy (non-hydrogen) atoms. The average Bonchev–Trinajstić information content (AvgIpc) is 2.28. The summed E-state index contributed by atoms with van der Waals surface area (Å²) in [5.74, 6) is -0.320. The summed E-state index contributed by atoms with van der Waals surface area (Å²) in [6, 6.07) is 4.57. The number of fused-ring (bicyclic) bond motifs is 1. The van der Waals surface area contributed by atoms with Crippen LogP contribution in [0.25, 0.3) is 0 Å². The summed E-state index contributed by atoms with van der Waals surface area (Å²) in [6.07, 6.45) is 3.19. The minimum Gasteiger partial charge on any atom is -0.366 e. The van der Waals surface area contributed by atoms with Crippen molar-refractivity contribution in [2.45, 2.75) is 24.9 Å². The molecule has 0 N–H and O–H groups in total. The van der Waals surface area contributed by atoms with E-state index >= 15 is 0 Å². The molecule has 2 rings (SSSR count). The lowest BCUT2D eigenvalue weighted by molar-refractivity contribution is -0.130. The molecule has 0 spiro atoms. The number of benzene rings is 1. The zero-order valence-corrected chi connectivity index (χ0v) is 8.63. The number of carbonyl (C=O) groups excluding carboxylic acids is 1. The number of hydrogen-bond donors (Lipinski definition) is 0. The molecule has 1 aliphatic carbocycles. The first-order valence-electron chi connectivity index (χ1n) is 5.02. The number of aryl methyl sites for hydroxylation is 1. The van der Waals surface area contributed by atoms with Gasteiger partial charge in [0.05, 0.1) is 0 Å². The highest BCUT2D eigenvalue weighted by atomic mass is 19.1. The fraction of sp³-hybridized carbons (Fsp3) is 0.417. The maximum Gasteiger partial charge on any atom is 0.156 e. The molecule has 0 aromatic heterocycles. The molecule has 0 saturated carbocycles. The number of halogens is 1. The van der Waals surface area contributed by atoms with Crippen LogP contribution >= 0.6 is 0 Å². The molecule has 1 aromatic carbocycles. The van der Waals surface area contributed by atoms with E-state index < -0.39 is 5.60 Å². The molecule has 0 radical (unpaired) electrons. The van der Waals surface area contributed by atoms with Gasteiger partial charge in [0, 0.05) is 7.11 Å². The monoisotopic (exact) mass is 208 g/mol. The van der Waals surface area contributed by atoms with E-state index in [1.165, 1.54) is 19.2 Å². The topological polar surface area (TPSA) is 26.3 Å². The first-order chi connectivity index (χ1) is 7.22. The zero-order chi connectivity index (χ0) is 10.9. The molecule has 3 heteroatoms. The fourth-order valence-corrected chi connectivity index (χ4v) is 2.22. The van der Waals surface area contributed by atoms with Crippen molar-refractivity contribution in [3.63, 3.8) is 0 Å². The van der Waals surface area contributed by atoms with Gasteiger partial charge in [-0.3, -0.25) is 4.79 Å². The Bertz CT molecular complexity index is 389. The van der Waals surface area contributed by atoms with E-state index in [2.05, 4.69) is 0 Å². The molecular formula is C12H13FO2. The van der Waals surface area contributed by atoms with Crippen LogP contribution in [0.1, 0.15) is 24.0 Å². The van der Waals surface area contributed by atoms with Crippen LogP contribution in [-0.2, 0) is 21.6 Å². The molecule has 1 aliphatic rings. The molecule has 0 heterocycles. The Kier molecular flexibility index (Phi) is 2.57. The molecule has 0 fully saturated rings. The van der Waals surface area contributed by atoms with E-state index in [1.807, 2.05) is 0 Å². The highest BCUT2D eigenvalue weighted by Crippen LogP contribution is 2.36. The van der Waals surface area contributed by atoms with Crippen LogP contribution in [-0.4, -0.2) is 13.4 Å². The first kappa shape index (κ1) is 10.3. The van der Waals surface area contributed by atoms with Gasteiger partial charge in [0.15, 0.2) is 6.29 Å². The number of rotatable bonds is 2. The number of carbonyl (C=O) groups is 1. The van der Waals surface area contributed by atoms with Gasteiger partial charge >= 0.3 is 0 Å². The number of hydrogen-bond acceptors (Lipinski definition) is 2. The summed E-state index contributed by atoms with van der Waals surface area (Å²) < 4.78 is 18.4. The highest BCUT2D eigenvalue weighted by Gasteiger charge is 2.36. The summed E-state index contributed by atoms with van der Waals surface area (Å²) in [6.45, 7) is 0. The second-order valence-corrected chi connectivity index (χ2v) is 3.87. The summed E-state index contributed by atoms with van der Waals surface area (Å²) in [5, 5.41) is 0. The summed E-state index contributed by atoms with van der Waals surface area (Å²) in [7, 11) is 1.49. The van der Waals surface area contributed by atoms with Crippen LogP contribution in [0.15, 0.2) is 18.2 Å². The van der Waals surface area contributed by atoms with Crippen LogP contribution in [0.5, 0.6) is 0 Å². The second kappa shape index (κ2) is 3.74. The third-order valence-electron chi connectivity index (χ3n) is 3.08. The van der Waals surface area contributed by atoms with Crippen molar-refractivity contribution in [3.05, 3.63) is 35.1 Å². The van der Waals surface area contributed by atoms with Gasteiger partial charge in [-0.25, -0.2) is 4.39 Å². The van der Waals surface area contributed by atoms with Crippen molar-refractivity contribution in [2.75, 3.05) is 7.11 Å². The van der Waals surface area contributed by atoms with Gasteiger partial charge in [-0.2, -0.15) is 0 Å². The van der Waals surface area contributed by atoms with Crippen LogP contribution < -0.4 is 0 Å². The Hall–Kier alpha value is -1.22. The molecule has 1 aromatic rings. The van der Waals surface area contributed by atoms with Gasteiger partial charge in [-0.1, -0.05) is 6.07 Å². The van der Waals surface area contributed by atoms with E-state index in [1.54, 1.807) is 6.07 Å². The zero-order valence-electron chi connectivity index (χ0n) is 8.63. The lowest BCUT2D eigenvalue weighted by Crippen LogP contribution is -2.34. The molecule has 0 bridgehead atoms. The predicted molar refractivity (Wildman–Crippen MR) is 54.1 cm³/mol. The minimum atomic E-state index is -0.935. The summed E-state index contributed by atoms with van der Waals surface area (Å²) >= 11 is 0. The van der Waals surface area contributed by atoms with E-state index in [9.17, 15) is 9.18 Å². The Morgan fingerprint density at radius 3 is 3.00 bits per heavy atom. The Morgan fingerprint density at radius 2 is 2.33 bits per heavy atom. The number of methoxy groups -OCH3 is 1. The van der Waals surface area contributed by atoms with Gasteiger partial charge < -0.3 is 4.74 Å². The van der Waals surface area contributed by atoms with E-state index in [0.717, 1.165) is 24.7 Å². The van der Waals surface area contributed by atoms with Gasteiger partial charge in [-0.05, 0) is 42.5 Å². The maximum atomic E-state index is 13.1. The molecule has 0 amide bonds. The Morgan fingerprint density at radius 1 is 1.53 bits per heavy atom. The first-order valence-corrected chi connectivity index (χ1v) is 5.02. The van der Waals surface area contributed by atoms with Gasteiger partial charge in [-0.15, -0.1) is 0 Å². The lowest BCUT2D eigenvalue weighted by atomic mass is 9.80. The average molecular weight is 208 g/mol. The minimum absolute atomic E-state index is 0.320. The summed E-state index contributed by atoms with van der Waals surface area (Å²) in [4.78, 5) is 11.1. The van der Waals surface area contributed by atoms with Crippen molar-refractivity contribution in [3.8, 4) is 0 Å². The smallest absolute Gasteiger partial charge is 0.156 e. The van der Waals surface area contributed by atoms with Gasteiger partial charge in [0.1, 0.15) is 11.4 Å². The third kappa shape index (κ3) is 1.57. The molecule has 2 nitrogen and oxygen atoms in total. The van der Waals surface area contributed by atoms with Crippen molar-refractivity contribution in [2.24, 2.45) is 0 Å². The van der Waals surface area contributed by atoms with Crippen LogP contribution in [0.2, 0.25) is 0 Å². The van der Waals surface area contributed by atoms with Crippen LogP contribution in [0, 0.1) is 5.82 Å². The van der Waals surface area contributed by atoms with Crippen molar-refractivity contribution >= 4 is 6.29 Å². The molecule has 0 aliphatic heterocycles. The second-order valence-electron chi connectivity index (χ2n) is 3.87. The van der Waals surface area contributed by atoms with Crippen molar-refractivity contribution < 1.29 is 13.9 Å². The SMILES string of the molecule is COC1(C=O)CCCc2ccc(F)cc21. The number of aldehydes is 1. The van der Waals surface area contributed by atoms with Crippen LogP contribution in [0.3, 0.4) is 0 Å². The molecule has 1 atom stereocenters. The fourth-order valence-electron chi connectivity index (χ4n) is 2.22. The van der Waals surface area contributed by atoms with Crippen molar-refractivity contribution in [1.29, 1.82) is 0 Å². The number of ether oxygens (including phenoxy) is 1. The molecule has 0 saturated heterocycles. The Labute approximate surface area is 88.1 Å². The normalized spacial score (nSPS) is 24.7. The third-order valence-corrected chi connectivity index (χ3v) is 3.08. The molecule has 1 unspecified atom stereocenters. The van der Waals surface area contributed by atoms with Crippen LogP contribution in [0.4, 0.5) is 4.39 Å². The largest absolute Gasteiger partial charge is 0.366 e. The molecule has 80 valence electrons. The summed E-state index contributed by atoms with van der Waals surface area (Å²) in [5.41, 5.74) is 0.762. The maximum absolute atomic E-state index is 13.1. The predicted octanol–water partition coefficient (Wildman–Crippen LogP) is 2.20. The van der Waals surface area contributed by atoms with E-state index in [0.29, 0.717) is 12.0 Å². The van der Waals surface area contributed by atoms with E-state index in [4.69, 9.17) is 4.74 Å². The van der Waals surface area contributed by atoms with Gasteiger partial charge in [0.25, 0.3) is 0 Å². The standard InChI is InChI=1S/C12H13FO2/c1-15-12(8-14)6-2-3-9-4-5-10(13)7-11(9)12/h4-5,7-8H,2-3,6H2,1H3. The molecular weight excluding hydrogens is 195 g/mol. The Balaban J connectivity index is 2.57. The quantitative estimate of drug-likeness (QED) is 0.696. The van der Waals surface area contributed by atoms with Crippen molar-refractivity contribution in [1.82, 2.24) is 0 Å². The van der Waals surface area contributed by atoms with Gasteiger partial charge in [0.2, 0.25) is 0 Å². The highest BCUT2D eigenvalue weighted by molar-refractivity contribution is 5.68.